The van der Waals surface area contributed by atoms with Crippen molar-refractivity contribution in [2.75, 3.05) is 6.61 Å². The predicted octanol–water partition coefficient (Wildman–Crippen LogP) is 4.67. The van der Waals surface area contributed by atoms with Crippen LogP contribution in [0.25, 0.3) is 0 Å². The van der Waals surface area contributed by atoms with Gasteiger partial charge in [-0.1, -0.05) is 30.9 Å². The number of nitrogens with zero attached hydrogens (tertiary/aromatic N) is 1. The van der Waals surface area contributed by atoms with Crippen molar-refractivity contribution >= 4 is 6.29 Å². The Morgan fingerprint density at radius 1 is 1.54 bits per heavy atom. The van der Waals surface area contributed by atoms with Crippen molar-refractivity contribution in [1.29, 1.82) is 5.26 Å². The van der Waals surface area contributed by atoms with Crippen molar-refractivity contribution in [2.45, 2.75) is 32.3 Å². The maximum atomic E-state index is 12.1. The van der Waals surface area contributed by atoms with Gasteiger partial charge in [-0.3, -0.25) is 0 Å². The Morgan fingerprint density at radius 3 is 2.96 bits per heavy atom. The van der Waals surface area contributed by atoms with E-state index < -0.39 is 0 Å². The quantitative estimate of drug-likeness (QED) is 0.544. The Morgan fingerprint density at radius 2 is 2.33 bits per heavy atom. The number of allylic oxidation sites excluding steroid dienone is 9. The molecule has 0 aromatic carbocycles. The van der Waals surface area contributed by atoms with E-state index in [-0.39, 0.29) is 11.9 Å². The zero-order valence-electron chi connectivity index (χ0n) is 13.9. The van der Waals surface area contributed by atoms with Gasteiger partial charge in [0.05, 0.1) is 18.8 Å². The molecule has 0 saturated carbocycles. The lowest BCUT2D eigenvalue weighted by molar-refractivity contribution is -0.108. The van der Waals surface area contributed by atoms with Gasteiger partial charge in [-0.05, 0) is 42.7 Å². The highest BCUT2D eigenvalue weighted by molar-refractivity contribution is 5.51. The van der Waals surface area contributed by atoms with Gasteiger partial charge in [-0.15, -0.1) is 0 Å². The van der Waals surface area contributed by atoms with E-state index in [1.165, 1.54) is 18.2 Å². The number of ether oxygens (including phenoxy) is 1. The molecule has 24 heavy (non-hydrogen) atoms. The molecule has 0 aromatic rings. The maximum Gasteiger partial charge on any atom is 0.122 e. The minimum Gasteiger partial charge on any atom is -0.369 e. The molecule has 0 radical (unpaired) electrons. The Bertz CT molecular complexity index is 645. The molecule has 2 rings (SSSR count). The van der Waals surface area contributed by atoms with E-state index in [1.807, 2.05) is 12.2 Å². The monoisotopic (exact) mass is 327 g/mol. The first-order valence-corrected chi connectivity index (χ1v) is 7.82. The predicted molar refractivity (Wildman–Crippen MR) is 93.7 cm³/mol. The molecule has 0 aromatic heterocycles. The summed E-state index contributed by atoms with van der Waals surface area (Å²) in [6.45, 7) is 5.69. The summed E-state index contributed by atoms with van der Waals surface area (Å²) in [5.74, 6) is -0.262. The molecule has 4 heteroatoms. The van der Waals surface area contributed by atoms with Crippen LogP contribution in [0.2, 0.25) is 0 Å². The van der Waals surface area contributed by atoms with Gasteiger partial charge in [0, 0.05) is 18.4 Å². The molecular weight excluding hydrogens is 305 g/mol. The Balaban J connectivity index is 0.000000307. The third kappa shape index (κ3) is 6.31. The average molecular weight is 327 g/mol. The Labute approximate surface area is 142 Å². The molecular formula is C20H22FNO2. The first kappa shape index (κ1) is 19.5. The van der Waals surface area contributed by atoms with E-state index in [1.54, 1.807) is 13.0 Å². The first-order valence-electron chi connectivity index (χ1n) is 7.82. The maximum absolute atomic E-state index is 12.1. The van der Waals surface area contributed by atoms with Gasteiger partial charge in [0.15, 0.2) is 0 Å². The van der Waals surface area contributed by atoms with Gasteiger partial charge in [-0.2, -0.15) is 5.26 Å². The third-order valence-corrected chi connectivity index (χ3v) is 3.48. The molecule has 1 saturated heterocycles. The highest BCUT2D eigenvalue weighted by atomic mass is 19.1. The number of aldehydes is 1. The molecule has 1 atom stereocenters. The second kappa shape index (κ2) is 11.1. The number of hydrogen-bond donors (Lipinski definition) is 0. The molecule has 0 N–H and O–H groups in total. The number of nitriles is 1. The van der Waals surface area contributed by atoms with E-state index in [4.69, 9.17) is 10.00 Å². The van der Waals surface area contributed by atoms with Crippen LogP contribution < -0.4 is 0 Å². The highest BCUT2D eigenvalue weighted by Gasteiger charge is 2.26. The van der Waals surface area contributed by atoms with Crippen molar-refractivity contribution < 1.29 is 13.9 Å². The lowest BCUT2D eigenvalue weighted by Gasteiger charge is -2.08. The summed E-state index contributed by atoms with van der Waals surface area (Å²) in [5, 5.41) is 8.83. The highest BCUT2D eigenvalue weighted by Crippen LogP contribution is 2.31. The fourth-order valence-corrected chi connectivity index (χ4v) is 2.32. The summed E-state index contributed by atoms with van der Waals surface area (Å²) in [6.07, 6.45) is 14.4. The normalized spacial score (nSPS) is 19.8. The largest absolute Gasteiger partial charge is 0.369 e. The van der Waals surface area contributed by atoms with Crippen LogP contribution in [-0.2, 0) is 9.53 Å². The minimum atomic E-state index is -0.262. The van der Waals surface area contributed by atoms with Crippen LogP contribution in [0.15, 0.2) is 71.7 Å². The van der Waals surface area contributed by atoms with E-state index in [0.717, 1.165) is 29.4 Å². The topological polar surface area (TPSA) is 50.1 Å². The smallest absolute Gasteiger partial charge is 0.122 e. The number of carbonyl (C=O) groups is 1. The molecule has 0 amide bonds. The average Bonchev–Trinajstić information content (AvgIpc) is 2.84. The van der Waals surface area contributed by atoms with Crippen LogP contribution in [0.4, 0.5) is 4.39 Å². The fraction of sp³-hybridized carbons (Fsp3) is 0.300. The molecule has 0 bridgehead atoms. The van der Waals surface area contributed by atoms with Gasteiger partial charge in [0.1, 0.15) is 12.1 Å². The van der Waals surface area contributed by atoms with Gasteiger partial charge >= 0.3 is 0 Å². The molecule has 1 aliphatic carbocycles. The van der Waals surface area contributed by atoms with Crippen molar-refractivity contribution in [2.24, 2.45) is 0 Å². The number of hydrogen-bond acceptors (Lipinski definition) is 3. The summed E-state index contributed by atoms with van der Waals surface area (Å²) in [7, 11) is 0. The molecule has 1 fully saturated rings. The van der Waals surface area contributed by atoms with Gasteiger partial charge in [-0.25, -0.2) is 4.39 Å². The lowest BCUT2D eigenvalue weighted by atomic mass is 10.0. The second-order valence-corrected chi connectivity index (χ2v) is 5.19. The summed E-state index contributed by atoms with van der Waals surface area (Å²) in [5.41, 5.74) is 3.06. The zero-order chi connectivity index (χ0) is 17.8. The van der Waals surface area contributed by atoms with Gasteiger partial charge in [0.2, 0.25) is 0 Å². The summed E-state index contributed by atoms with van der Waals surface area (Å²) < 4.78 is 17.7. The second-order valence-electron chi connectivity index (χ2n) is 5.19. The molecule has 126 valence electrons. The molecule has 1 unspecified atom stereocenters. The SMILES string of the molecule is C=C/C=C(F)\C=C/C.N#CC1=CC=C2C(=CC1)COC2CCC=O. The number of carbonyl (C=O) groups excluding carboxylic acids is 1. The Hall–Kier alpha value is -2.51. The standard InChI is InChI=1S/C13H13NO2.C7H9F/c14-8-10-3-5-11-9-16-13(2-1-7-15)12(11)6-4-10;1-3-5-7(8)6-4-2/h4-7,13H,1-3,9H2;3-6H,1H2,2H3/b;6-4-,7-5+. The van der Waals surface area contributed by atoms with Crippen LogP contribution in [0.3, 0.4) is 0 Å². The van der Waals surface area contributed by atoms with Crippen LogP contribution in [0.1, 0.15) is 26.2 Å². The van der Waals surface area contributed by atoms with Gasteiger partial charge in [0.25, 0.3) is 0 Å². The van der Waals surface area contributed by atoms with E-state index >= 15 is 0 Å². The fourth-order valence-electron chi connectivity index (χ4n) is 2.32. The van der Waals surface area contributed by atoms with Gasteiger partial charge < -0.3 is 9.53 Å². The van der Waals surface area contributed by atoms with Crippen LogP contribution in [-0.4, -0.2) is 19.0 Å². The van der Waals surface area contributed by atoms with Crippen molar-refractivity contribution in [3.05, 3.63) is 71.7 Å². The number of halogens is 1. The van der Waals surface area contributed by atoms with Crippen LogP contribution in [0, 0.1) is 11.3 Å². The van der Waals surface area contributed by atoms with Crippen LogP contribution in [0.5, 0.6) is 0 Å². The molecule has 3 nitrogen and oxygen atoms in total. The molecule has 1 aliphatic heterocycles. The van der Waals surface area contributed by atoms with E-state index in [0.29, 0.717) is 19.4 Å². The molecule has 0 spiro atoms. The minimum absolute atomic E-state index is 0.0192. The molecule has 2 aliphatic rings. The van der Waals surface area contributed by atoms with Crippen LogP contribution >= 0.6 is 0 Å². The van der Waals surface area contributed by atoms with Crippen molar-refractivity contribution in [1.82, 2.24) is 0 Å². The third-order valence-electron chi connectivity index (χ3n) is 3.48. The lowest BCUT2D eigenvalue weighted by Crippen LogP contribution is -2.07. The number of fused-ring (bicyclic) bond motifs is 1. The Kier molecular flexibility index (Phi) is 9.03. The summed E-state index contributed by atoms with van der Waals surface area (Å²) in [4.78, 5) is 10.3. The first-order chi connectivity index (χ1) is 11.7. The van der Waals surface area contributed by atoms with Crippen molar-refractivity contribution in [3.63, 3.8) is 0 Å². The molecule has 1 heterocycles. The van der Waals surface area contributed by atoms with E-state index in [9.17, 15) is 9.18 Å². The summed E-state index contributed by atoms with van der Waals surface area (Å²) in [6, 6.07) is 2.17. The van der Waals surface area contributed by atoms with Crippen molar-refractivity contribution in [3.8, 4) is 6.07 Å². The van der Waals surface area contributed by atoms with E-state index in [2.05, 4.69) is 18.7 Å². The zero-order valence-corrected chi connectivity index (χ0v) is 13.9. The number of rotatable bonds is 5. The summed E-state index contributed by atoms with van der Waals surface area (Å²) >= 11 is 0.